The summed E-state index contributed by atoms with van der Waals surface area (Å²) in [4.78, 5) is 1.99. The number of aromatic hydroxyl groups is 3. The van der Waals surface area contributed by atoms with E-state index in [4.69, 9.17) is 0 Å². The van der Waals surface area contributed by atoms with Crippen molar-refractivity contribution in [3.8, 4) is 17.2 Å². The highest BCUT2D eigenvalue weighted by atomic mass is 35.5. The van der Waals surface area contributed by atoms with Gasteiger partial charge in [0.15, 0.2) is 0 Å². The summed E-state index contributed by atoms with van der Waals surface area (Å²) in [5.74, 6) is -0.610. The Hall–Kier alpha value is -1.21. The number of nitrogens with zero attached hydrogens (tertiary/aromatic N) is 1. The molecule has 0 bridgehead atoms. The number of phenolic OH excluding ortho intramolecular Hbond substituents is 3. The molecule has 1 aliphatic rings. The molecule has 1 atom stereocenters. The molecule has 0 saturated carbocycles. The Morgan fingerprint density at radius 1 is 1.11 bits per heavy atom. The number of nitrogens with one attached hydrogen (secondary N) is 1. The van der Waals surface area contributed by atoms with Crippen LogP contribution in [0.1, 0.15) is 11.6 Å². The first-order chi connectivity index (χ1) is 8.63. The maximum absolute atomic E-state index is 9.83. The van der Waals surface area contributed by atoms with Crippen molar-refractivity contribution < 1.29 is 20.4 Å². The number of phenols is 3. The van der Waals surface area contributed by atoms with E-state index < -0.39 is 6.04 Å². The molecular formula is C12H19ClN2O4. The molecule has 1 saturated heterocycles. The zero-order valence-electron chi connectivity index (χ0n) is 10.4. The molecule has 6 nitrogen and oxygen atoms in total. The highest BCUT2D eigenvalue weighted by molar-refractivity contribution is 5.85. The van der Waals surface area contributed by atoms with Gasteiger partial charge in [0, 0.05) is 38.3 Å². The van der Waals surface area contributed by atoms with Crippen LogP contribution in [-0.4, -0.2) is 58.1 Å². The lowest BCUT2D eigenvalue weighted by molar-refractivity contribution is 0.107. The number of rotatable bonds is 3. The summed E-state index contributed by atoms with van der Waals surface area (Å²) < 4.78 is 0. The van der Waals surface area contributed by atoms with E-state index in [9.17, 15) is 20.4 Å². The lowest BCUT2D eigenvalue weighted by atomic mass is 10.0. The smallest absolute Gasteiger partial charge is 0.127 e. The molecule has 5 N–H and O–H groups in total. The third kappa shape index (κ3) is 3.42. The predicted octanol–water partition coefficient (Wildman–Crippen LogP) is 0.164. The minimum absolute atomic E-state index is 0. The van der Waals surface area contributed by atoms with Crippen LogP contribution in [0, 0.1) is 0 Å². The number of hydrogen-bond donors (Lipinski definition) is 5. The summed E-state index contributed by atoms with van der Waals surface area (Å²) in [6.07, 6.45) is 0. The molecule has 0 aliphatic carbocycles. The second-order valence-corrected chi connectivity index (χ2v) is 4.38. The van der Waals surface area contributed by atoms with E-state index in [1.54, 1.807) is 0 Å². The van der Waals surface area contributed by atoms with Gasteiger partial charge in [0.2, 0.25) is 0 Å². The van der Waals surface area contributed by atoms with E-state index in [0.717, 1.165) is 26.2 Å². The molecule has 1 heterocycles. The fourth-order valence-corrected chi connectivity index (χ4v) is 2.33. The zero-order chi connectivity index (χ0) is 13.1. The molecule has 1 aromatic carbocycles. The summed E-state index contributed by atoms with van der Waals surface area (Å²) >= 11 is 0. The number of aliphatic hydroxyl groups is 1. The first-order valence-corrected chi connectivity index (χ1v) is 5.94. The first kappa shape index (κ1) is 15.8. The summed E-state index contributed by atoms with van der Waals surface area (Å²) in [5, 5.41) is 41.6. The average Bonchev–Trinajstić information content (AvgIpc) is 2.34. The van der Waals surface area contributed by atoms with Gasteiger partial charge >= 0.3 is 0 Å². The second-order valence-electron chi connectivity index (χ2n) is 4.38. The number of piperazine rings is 1. The Labute approximate surface area is 117 Å². The Morgan fingerprint density at radius 3 is 2.11 bits per heavy atom. The van der Waals surface area contributed by atoms with Crippen LogP contribution in [0.5, 0.6) is 17.2 Å². The molecule has 0 radical (unpaired) electrons. The van der Waals surface area contributed by atoms with Crippen LogP contribution in [0.25, 0.3) is 0 Å². The van der Waals surface area contributed by atoms with Gasteiger partial charge in [-0.25, -0.2) is 0 Å². The number of halogens is 1. The van der Waals surface area contributed by atoms with Crippen LogP contribution < -0.4 is 5.32 Å². The van der Waals surface area contributed by atoms with Crippen LogP contribution in [-0.2, 0) is 0 Å². The SMILES string of the molecule is Cl.OC[C@H](c1c(O)cc(O)cc1O)N1CCNCC1. The Morgan fingerprint density at radius 2 is 1.63 bits per heavy atom. The molecule has 108 valence electrons. The van der Waals surface area contributed by atoms with Crippen molar-refractivity contribution in [3.05, 3.63) is 17.7 Å². The van der Waals surface area contributed by atoms with Gasteiger partial charge in [-0.2, -0.15) is 0 Å². The minimum atomic E-state index is -0.465. The summed E-state index contributed by atoms with van der Waals surface area (Å²) in [6.45, 7) is 2.86. The number of aliphatic hydroxyl groups excluding tert-OH is 1. The third-order valence-corrected chi connectivity index (χ3v) is 3.22. The monoisotopic (exact) mass is 290 g/mol. The largest absolute Gasteiger partial charge is 0.508 e. The highest BCUT2D eigenvalue weighted by Gasteiger charge is 2.26. The quantitative estimate of drug-likeness (QED) is 0.544. The molecule has 7 heteroatoms. The van der Waals surface area contributed by atoms with Crippen molar-refractivity contribution in [2.24, 2.45) is 0 Å². The minimum Gasteiger partial charge on any atom is -0.508 e. The normalized spacial score (nSPS) is 17.7. The van der Waals surface area contributed by atoms with Gasteiger partial charge in [-0.1, -0.05) is 0 Å². The van der Waals surface area contributed by atoms with Gasteiger partial charge in [-0.05, 0) is 0 Å². The van der Waals surface area contributed by atoms with Gasteiger partial charge in [-0.3, -0.25) is 4.90 Å². The molecule has 1 fully saturated rings. The van der Waals surface area contributed by atoms with E-state index in [-0.39, 0.29) is 41.8 Å². The van der Waals surface area contributed by atoms with Crippen molar-refractivity contribution in [2.75, 3.05) is 32.8 Å². The standard InChI is InChI=1S/C12H18N2O4.ClH/c15-7-9(14-3-1-13-2-4-14)12-10(17)5-8(16)6-11(12)18;/h5-6,9,13,15-18H,1-4,7H2;1H/t9-;/m1./s1. The van der Waals surface area contributed by atoms with Crippen molar-refractivity contribution in [1.29, 1.82) is 0 Å². The number of benzene rings is 1. The van der Waals surface area contributed by atoms with Crippen molar-refractivity contribution in [1.82, 2.24) is 10.2 Å². The topological polar surface area (TPSA) is 96.2 Å². The molecule has 0 spiro atoms. The van der Waals surface area contributed by atoms with Crippen molar-refractivity contribution in [3.63, 3.8) is 0 Å². The van der Waals surface area contributed by atoms with Gasteiger partial charge in [0.1, 0.15) is 17.2 Å². The molecular weight excluding hydrogens is 272 g/mol. The van der Waals surface area contributed by atoms with Gasteiger partial charge < -0.3 is 25.7 Å². The van der Waals surface area contributed by atoms with Crippen molar-refractivity contribution >= 4 is 12.4 Å². The molecule has 0 aromatic heterocycles. The Bertz CT molecular complexity index is 401. The first-order valence-electron chi connectivity index (χ1n) is 5.94. The molecule has 1 aromatic rings. The predicted molar refractivity (Wildman–Crippen MR) is 73.0 cm³/mol. The van der Waals surface area contributed by atoms with E-state index >= 15 is 0 Å². The average molecular weight is 291 g/mol. The fraction of sp³-hybridized carbons (Fsp3) is 0.500. The van der Waals surface area contributed by atoms with Gasteiger partial charge in [0.05, 0.1) is 18.2 Å². The lowest BCUT2D eigenvalue weighted by Gasteiger charge is -2.34. The van der Waals surface area contributed by atoms with E-state index in [1.807, 2.05) is 4.90 Å². The summed E-state index contributed by atoms with van der Waals surface area (Å²) in [5.41, 5.74) is 0.261. The van der Waals surface area contributed by atoms with E-state index in [2.05, 4.69) is 5.32 Å². The maximum Gasteiger partial charge on any atom is 0.127 e. The van der Waals surface area contributed by atoms with E-state index in [0.29, 0.717) is 0 Å². The van der Waals surface area contributed by atoms with E-state index in [1.165, 1.54) is 12.1 Å². The zero-order valence-corrected chi connectivity index (χ0v) is 11.2. The van der Waals surface area contributed by atoms with Crippen LogP contribution in [0.15, 0.2) is 12.1 Å². The van der Waals surface area contributed by atoms with Crippen LogP contribution in [0.4, 0.5) is 0 Å². The summed E-state index contributed by atoms with van der Waals surface area (Å²) in [7, 11) is 0. The molecule has 0 amide bonds. The highest BCUT2D eigenvalue weighted by Crippen LogP contribution is 2.38. The molecule has 0 unspecified atom stereocenters. The maximum atomic E-state index is 9.83. The second kappa shape index (κ2) is 6.81. The van der Waals surface area contributed by atoms with Crippen LogP contribution in [0.3, 0.4) is 0 Å². The van der Waals surface area contributed by atoms with Gasteiger partial charge in [-0.15, -0.1) is 12.4 Å². The molecule has 19 heavy (non-hydrogen) atoms. The summed E-state index contributed by atoms with van der Waals surface area (Å²) in [6, 6.07) is 1.87. The Kier molecular flexibility index (Phi) is 5.68. The van der Waals surface area contributed by atoms with Crippen LogP contribution >= 0.6 is 12.4 Å². The number of hydrogen-bond acceptors (Lipinski definition) is 6. The lowest BCUT2D eigenvalue weighted by Crippen LogP contribution is -2.46. The van der Waals surface area contributed by atoms with Crippen molar-refractivity contribution in [2.45, 2.75) is 6.04 Å². The molecule has 1 aliphatic heterocycles. The van der Waals surface area contributed by atoms with Crippen LogP contribution in [0.2, 0.25) is 0 Å². The third-order valence-electron chi connectivity index (χ3n) is 3.22. The Balaban J connectivity index is 0.00000180. The fourth-order valence-electron chi connectivity index (χ4n) is 2.33. The van der Waals surface area contributed by atoms with Gasteiger partial charge in [0.25, 0.3) is 0 Å². The molecule has 2 rings (SSSR count).